The second kappa shape index (κ2) is 4.44. The number of carbonyl (C=O) groups is 2. The number of piperazine rings is 1. The maximum Gasteiger partial charge on any atom is 0.245 e. The predicted octanol–water partition coefficient (Wildman–Crippen LogP) is 0.379. The van der Waals surface area contributed by atoms with Crippen LogP contribution in [0.3, 0.4) is 0 Å². The van der Waals surface area contributed by atoms with Crippen molar-refractivity contribution in [2.75, 3.05) is 13.1 Å². The van der Waals surface area contributed by atoms with Crippen molar-refractivity contribution in [3.05, 3.63) is 0 Å². The van der Waals surface area contributed by atoms with Crippen LogP contribution in [0, 0.1) is 5.92 Å². The first-order valence-electron chi connectivity index (χ1n) is 5.12. The SMILES string of the molecule is CCC1NC(=O)CN(CC(C)C)C1=O. The standard InChI is InChI=1S/C10H18N2O2/c1-4-8-10(14)12(5-7(2)3)6-9(13)11-8/h7-8H,4-6H2,1-3H3,(H,11,13). The number of nitrogens with zero attached hydrogens (tertiary/aromatic N) is 1. The Labute approximate surface area is 84.7 Å². The van der Waals surface area contributed by atoms with Crippen LogP contribution in [0.15, 0.2) is 0 Å². The summed E-state index contributed by atoms with van der Waals surface area (Å²) in [7, 11) is 0. The second-order valence-corrected chi connectivity index (χ2v) is 4.14. The fourth-order valence-electron chi connectivity index (χ4n) is 1.65. The molecule has 0 aliphatic carbocycles. The van der Waals surface area contributed by atoms with Crippen LogP contribution in [0.25, 0.3) is 0 Å². The molecule has 4 heteroatoms. The fourth-order valence-corrected chi connectivity index (χ4v) is 1.65. The summed E-state index contributed by atoms with van der Waals surface area (Å²) in [5.41, 5.74) is 0. The van der Waals surface area contributed by atoms with Crippen molar-refractivity contribution in [1.82, 2.24) is 10.2 Å². The van der Waals surface area contributed by atoms with Gasteiger partial charge in [-0.05, 0) is 12.3 Å². The Kier molecular flexibility index (Phi) is 3.49. The van der Waals surface area contributed by atoms with E-state index in [1.54, 1.807) is 4.90 Å². The monoisotopic (exact) mass is 198 g/mol. The number of carbonyl (C=O) groups excluding carboxylic acids is 2. The molecule has 1 saturated heterocycles. The first-order valence-corrected chi connectivity index (χ1v) is 5.12. The number of amides is 2. The number of hydrogen-bond acceptors (Lipinski definition) is 2. The summed E-state index contributed by atoms with van der Waals surface area (Å²) in [6.07, 6.45) is 0.666. The van der Waals surface area contributed by atoms with Gasteiger partial charge in [0.1, 0.15) is 6.04 Å². The van der Waals surface area contributed by atoms with E-state index < -0.39 is 0 Å². The zero-order valence-corrected chi connectivity index (χ0v) is 9.04. The van der Waals surface area contributed by atoms with Gasteiger partial charge in [-0.3, -0.25) is 9.59 Å². The van der Waals surface area contributed by atoms with Crippen LogP contribution in [0.5, 0.6) is 0 Å². The first kappa shape index (κ1) is 11.0. The average Bonchev–Trinajstić information content (AvgIpc) is 2.09. The van der Waals surface area contributed by atoms with Crippen molar-refractivity contribution in [2.45, 2.75) is 33.2 Å². The molecule has 80 valence electrons. The van der Waals surface area contributed by atoms with E-state index in [0.717, 1.165) is 0 Å². The Balaban J connectivity index is 2.65. The summed E-state index contributed by atoms with van der Waals surface area (Å²) in [4.78, 5) is 24.7. The zero-order valence-electron chi connectivity index (χ0n) is 9.04. The fraction of sp³-hybridized carbons (Fsp3) is 0.800. The van der Waals surface area contributed by atoms with Gasteiger partial charge >= 0.3 is 0 Å². The van der Waals surface area contributed by atoms with E-state index >= 15 is 0 Å². The second-order valence-electron chi connectivity index (χ2n) is 4.14. The van der Waals surface area contributed by atoms with Gasteiger partial charge in [0.2, 0.25) is 11.8 Å². The summed E-state index contributed by atoms with van der Waals surface area (Å²) < 4.78 is 0. The lowest BCUT2D eigenvalue weighted by Gasteiger charge is -2.33. The van der Waals surface area contributed by atoms with Gasteiger partial charge in [0, 0.05) is 6.54 Å². The smallest absolute Gasteiger partial charge is 0.245 e. The van der Waals surface area contributed by atoms with Gasteiger partial charge in [-0.15, -0.1) is 0 Å². The molecule has 1 atom stereocenters. The molecule has 0 spiro atoms. The van der Waals surface area contributed by atoms with E-state index in [2.05, 4.69) is 5.32 Å². The maximum absolute atomic E-state index is 11.7. The lowest BCUT2D eigenvalue weighted by Crippen LogP contribution is -2.58. The molecule has 14 heavy (non-hydrogen) atoms. The van der Waals surface area contributed by atoms with E-state index in [-0.39, 0.29) is 24.4 Å². The van der Waals surface area contributed by atoms with Crippen LogP contribution < -0.4 is 5.32 Å². The summed E-state index contributed by atoms with van der Waals surface area (Å²) in [5.74, 6) is 0.417. The predicted molar refractivity (Wildman–Crippen MR) is 53.6 cm³/mol. The van der Waals surface area contributed by atoms with E-state index in [9.17, 15) is 9.59 Å². The molecule has 1 heterocycles. The van der Waals surface area contributed by atoms with Crippen LogP contribution in [0.4, 0.5) is 0 Å². The van der Waals surface area contributed by atoms with Crippen molar-refractivity contribution in [3.8, 4) is 0 Å². The van der Waals surface area contributed by atoms with Gasteiger partial charge in [0.05, 0.1) is 6.54 Å². The highest BCUT2D eigenvalue weighted by atomic mass is 16.2. The first-order chi connectivity index (χ1) is 6.54. The van der Waals surface area contributed by atoms with Gasteiger partial charge in [-0.2, -0.15) is 0 Å². The van der Waals surface area contributed by atoms with E-state index in [4.69, 9.17) is 0 Å². The summed E-state index contributed by atoms with van der Waals surface area (Å²) >= 11 is 0. The molecule has 0 saturated carbocycles. The van der Waals surface area contributed by atoms with Crippen LogP contribution >= 0.6 is 0 Å². The summed E-state index contributed by atoms with van der Waals surface area (Å²) in [6.45, 7) is 6.87. The Morgan fingerprint density at radius 3 is 2.64 bits per heavy atom. The molecular weight excluding hydrogens is 180 g/mol. The minimum Gasteiger partial charge on any atom is -0.343 e. The highest BCUT2D eigenvalue weighted by Crippen LogP contribution is 2.08. The van der Waals surface area contributed by atoms with Crippen LogP contribution in [-0.2, 0) is 9.59 Å². The van der Waals surface area contributed by atoms with Gasteiger partial charge in [-0.1, -0.05) is 20.8 Å². The van der Waals surface area contributed by atoms with Crippen LogP contribution in [0.1, 0.15) is 27.2 Å². The van der Waals surface area contributed by atoms with Crippen molar-refractivity contribution >= 4 is 11.8 Å². The number of rotatable bonds is 3. The molecule has 0 aromatic carbocycles. The molecule has 1 aliphatic heterocycles. The number of nitrogens with one attached hydrogen (secondary N) is 1. The highest BCUT2D eigenvalue weighted by Gasteiger charge is 2.31. The summed E-state index contributed by atoms with van der Waals surface area (Å²) in [5, 5.41) is 2.69. The zero-order chi connectivity index (χ0) is 10.7. The van der Waals surface area contributed by atoms with Crippen LogP contribution in [0.2, 0.25) is 0 Å². The van der Waals surface area contributed by atoms with E-state index in [0.29, 0.717) is 18.9 Å². The lowest BCUT2D eigenvalue weighted by molar-refractivity contribution is -0.144. The molecule has 0 aromatic rings. The van der Waals surface area contributed by atoms with Gasteiger partial charge < -0.3 is 10.2 Å². The van der Waals surface area contributed by atoms with Gasteiger partial charge in [0.15, 0.2) is 0 Å². The van der Waals surface area contributed by atoms with E-state index in [1.165, 1.54) is 0 Å². The van der Waals surface area contributed by atoms with Gasteiger partial charge in [0.25, 0.3) is 0 Å². The Morgan fingerprint density at radius 2 is 2.14 bits per heavy atom. The molecule has 0 bridgehead atoms. The molecule has 1 rings (SSSR count). The quantitative estimate of drug-likeness (QED) is 0.712. The Bertz CT molecular complexity index is 238. The van der Waals surface area contributed by atoms with Crippen molar-refractivity contribution in [3.63, 3.8) is 0 Å². The third-order valence-electron chi connectivity index (χ3n) is 2.27. The van der Waals surface area contributed by atoms with Crippen molar-refractivity contribution in [1.29, 1.82) is 0 Å². The summed E-state index contributed by atoms with van der Waals surface area (Å²) in [6, 6.07) is -0.310. The molecular formula is C10H18N2O2. The molecule has 0 aromatic heterocycles. The van der Waals surface area contributed by atoms with Crippen molar-refractivity contribution in [2.24, 2.45) is 5.92 Å². The molecule has 1 fully saturated rings. The van der Waals surface area contributed by atoms with E-state index in [1.807, 2.05) is 20.8 Å². The minimum atomic E-state index is -0.310. The maximum atomic E-state index is 11.7. The number of hydrogen-bond donors (Lipinski definition) is 1. The average molecular weight is 198 g/mol. The van der Waals surface area contributed by atoms with Crippen molar-refractivity contribution < 1.29 is 9.59 Å². The highest BCUT2D eigenvalue weighted by molar-refractivity contribution is 5.94. The molecule has 2 amide bonds. The topological polar surface area (TPSA) is 49.4 Å². The minimum absolute atomic E-state index is 0.0444. The van der Waals surface area contributed by atoms with Crippen LogP contribution in [-0.4, -0.2) is 35.8 Å². The third kappa shape index (κ3) is 2.47. The normalized spacial score (nSPS) is 22.9. The largest absolute Gasteiger partial charge is 0.343 e. The molecule has 1 unspecified atom stereocenters. The Hall–Kier alpha value is -1.06. The third-order valence-corrected chi connectivity index (χ3v) is 2.27. The lowest BCUT2D eigenvalue weighted by atomic mass is 10.1. The molecule has 1 aliphatic rings. The van der Waals surface area contributed by atoms with Gasteiger partial charge in [-0.25, -0.2) is 0 Å². The molecule has 1 N–H and O–H groups in total. The molecule has 4 nitrogen and oxygen atoms in total. The molecule has 0 radical (unpaired) electrons. The Morgan fingerprint density at radius 1 is 1.50 bits per heavy atom.